The van der Waals surface area contributed by atoms with Crippen LogP contribution in [-0.2, 0) is 0 Å². The quantitative estimate of drug-likeness (QED) is 0.817. The predicted molar refractivity (Wildman–Crippen MR) is 72.1 cm³/mol. The zero-order chi connectivity index (χ0) is 12.3. The fourth-order valence-electron chi connectivity index (χ4n) is 4.23. The minimum atomic E-state index is -0.0455. The number of hydrogen-bond donors (Lipinski definition) is 1. The minimum absolute atomic E-state index is 0.0455. The van der Waals surface area contributed by atoms with Crippen molar-refractivity contribution in [3.8, 4) is 0 Å². The largest absolute Gasteiger partial charge is 0.393 e. The second kappa shape index (κ2) is 5.71. The van der Waals surface area contributed by atoms with E-state index in [-0.39, 0.29) is 6.10 Å². The maximum absolute atomic E-state index is 10.4. The highest BCUT2D eigenvalue weighted by Crippen LogP contribution is 2.45. The van der Waals surface area contributed by atoms with Crippen LogP contribution >= 0.6 is 0 Å². The summed E-state index contributed by atoms with van der Waals surface area (Å²) < 4.78 is 0. The number of unbranched alkanes of at least 4 members (excludes halogenated alkanes) is 1. The van der Waals surface area contributed by atoms with Crippen LogP contribution in [0.5, 0.6) is 0 Å². The van der Waals surface area contributed by atoms with Crippen LogP contribution in [0, 0.1) is 5.92 Å². The Morgan fingerprint density at radius 3 is 2.71 bits per heavy atom. The highest BCUT2D eigenvalue weighted by Gasteiger charge is 2.47. The summed E-state index contributed by atoms with van der Waals surface area (Å²) >= 11 is 0. The van der Waals surface area contributed by atoms with Crippen LogP contribution in [0.1, 0.15) is 64.7 Å². The maximum Gasteiger partial charge on any atom is 0.0586 e. The van der Waals surface area contributed by atoms with Crippen LogP contribution in [0.4, 0.5) is 0 Å². The first-order valence-corrected chi connectivity index (χ1v) is 7.60. The lowest BCUT2D eigenvalue weighted by molar-refractivity contribution is -0.0787. The molecule has 2 nitrogen and oxygen atoms in total. The standard InChI is InChI=1S/C15H29NO/c1-3-4-8-13-14(17)9-7-11-15(13)10-5-6-12-16(15)2/h13-14,17H,3-12H2,1-2H3/t13-,14-,15-/m1/s1. The van der Waals surface area contributed by atoms with Gasteiger partial charge in [-0.15, -0.1) is 0 Å². The molecule has 0 aromatic carbocycles. The van der Waals surface area contributed by atoms with Crippen molar-refractivity contribution < 1.29 is 5.11 Å². The topological polar surface area (TPSA) is 23.5 Å². The van der Waals surface area contributed by atoms with Crippen LogP contribution in [-0.4, -0.2) is 35.2 Å². The highest BCUT2D eigenvalue weighted by atomic mass is 16.3. The van der Waals surface area contributed by atoms with E-state index in [1.54, 1.807) is 0 Å². The number of likely N-dealkylation sites (tertiary alicyclic amines) is 1. The lowest BCUT2D eigenvalue weighted by Gasteiger charge is -2.54. The molecule has 0 unspecified atom stereocenters. The van der Waals surface area contributed by atoms with E-state index in [4.69, 9.17) is 0 Å². The van der Waals surface area contributed by atoms with Crippen molar-refractivity contribution in [3.63, 3.8) is 0 Å². The Balaban J connectivity index is 2.14. The second-order valence-corrected chi connectivity index (χ2v) is 6.19. The van der Waals surface area contributed by atoms with Gasteiger partial charge in [-0.3, -0.25) is 0 Å². The molecule has 1 N–H and O–H groups in total. The normalized spacial score (nSPS) is 39.7. The Morgan fingerprint density at radius 1 is 1.24 bits per heavy atom. The molecule has 1 heterocycles. The van der Waals surface area contributed by atoms with Gasteiger partial charge in [-0.05, 0) is 52.1 Å². The van der Waals surface area contributed by atoms with E-state index in [9.17, 15) is 5.11 Å². The minimum Gasteiger partial charge on any atom is -0.393 e. The molecule has 0 amide bonds. The van der Waals surface area contributed by atoms with E-state index < -0.39 is 0 Å². The van der Waals surface area contributed by atoms with Crippen LogP contribution < -0.4 is 0 Å². The number of nitrogens with zero attached hydrogens (tertiary/aromatic N) is 1. The molecular formula is C15H29NO. The molecule has 0 aromatic rings. The van der Waals surface area contributed by atoms with E-state index in [0.717, 1.165) is 6.42 Å². The summed E-state index contributed by atoms with van der Waals surface area (Å²) in [7, 11) is 2.29. The Hall–Kier alpha value is -0.0800. The maximum atomic E-state index is 10.4. The molecule has 1 saturated heterocycles. The third-order valence-electron chi connectivity index (χ3n) is 5.25. The molecule has 17 heavy (non-hydrogen) atoms. The van der Waals surface area contributed by atoms with Crippen LogP contribution in [0.15, 0.2) is 0 Å². The lowest BCUT2D eigenvalue weighted by atomic mass is 9.65. The molecule has 2 aliphatic rings. The van der Waals surface area contributed by atoms with Gasteiger partial charge < -0.3 is 10.0 Å². The van der Waals surface area contributed by atoms with Gasteiger partial charge in [-0.25, -0.2) is 0 Å². The zero-order valence-electron chi connectivity index (χ0n) is 11.6. The Labute approximate surface area is 106 Å². The van der Waals surface area contributed by atoms with Gasteiger partial charge in [0.1, 0.15) is 0 Å². The van der Waals surface area contributed by atoms with Crippen LogP contribution in [0.2, 0.25) is 0 Å². The fourth-order valence-corrected chi connectivity index (χ4v) is 4.23. The molecule has 1 aliphatic heterocycles. The number of rotatable bonds is 3. The summed E-state index contributed by atoms with van der Waals surface area (Å²) in [5, 5.41) is 10.4. The second-order valence-electron chi connectivity index (χ2n) is 6.19. The van der Waals surface area contributed by atoms with E-state index >= 15 is 0 Å². The third kappa shape index (κ3) is 2.53. The molecule has 3 atom stereocenters. The first-order valence-electron chi connectivity index (χ1n) is 7.60. The molecule has 1 aliphatic carbocycles. The molecule has 1 saturated carbocycles. The van der Waals surface area contributed by atoms with Gasteiger partial charge in [0.15, 0.2) is 0 Å². The first kappa shape index (κ1) is 13.4. The van der Waals surface area contributed by atoms with Crippen LogP contribution in [0.25, 0.3) is 0 Å². The first-order chi connectivity index (χ1) is 8.20. The zero-order valence-corrected chi connectivity index (χ0v) is 11.6. The molecule has 1 spiro atoms. The van der Waals surface area contributed by atoms with Crippen molar-refractivity contribution >= 4 is 0 Å². The van der Waals surface area contributed by atoms with Gasteiger partial charge in [-0.2, -0.15) is 0 Å². The van der Waals surface area contributed by atoms with Gasteiger partial charge in [0, 0.05) is 11.5 Å². The van der Waals surface area contributed by atoms with Gasteiger partial charge in [0.2, 0.25) is 0 Å². The third-order valence-corrected chi connectivity index (χ3v) is 5.25. The number of aliphatic hydroxyl groups is 1. The molecule has 0 radical (unpaired) electrons. The highest BCUT2D eigenvalue weighted by molar-refractivity contribution is 5.02. The van der Waals surface area contributed by atoms with E-state index in [1.807, 2.05) is 0 Å². The molecule has 2 heteroatoms. The number of hydrogen-bond acceptors (Lipinski definition) is 2. The molecule has 100 valence electrons. The van der Waals surface area contributed by atoms with E-state index in [2.05, 4.69) is 18.9 Å². The Kier molecular flexibility index (Phi) is 4.48. The summed E-state index contributed by atoms with van der Waals surface area (Å²) in [6.45, 7) is 3.49. The summed E-state index contributed by atoms with van der Waals surface area (Å²) in [6.07, 6.45) is 11.3. The monoisotopic (exact) mass is 239 g/mol. The fraction of sp³-hybridized carbons (Fsp3) is 1.00. The van der Waals surface area contributed by atoms with Crippen molar-refractivity contribution in [1.29, 1.82) is 0 Å². The van der Waals surface area contributed by atoms with Gasteiger partial charge in [0.25, 0.3) is 0 Å². The molecule has 0 aromatic heterocycles. The van der Waals surface area contributed by atoms with Crippen molar-refractivity contribution in [1.82, 2.24) is 4.90 Å². The Bertz CT molecular complexity index is 239. The average Bonchev–Trinajstić information content (AvgIpc) is 2.32. The van der Waals surface area contributed by atoms with Gasteiger partial charge in [0.05, 0.1) is 6.10 Å². The van der Waals surface area contributed by atoms with Crippen molar-refractivity contribution in [2.24, 2.45) is 5.92 Å². The summed E-state index contributed by atoms with van der Waals surface area (Å²) in [4.78, 5) is 2.58. The molecule has 0 bridgehead atoms. The molecular weight excluding hydrogens is 210 g/mol. The van der Waals surface area contributed by atoms with E-state index in [0.29, 0.717) is 11.5 Å². The van der Waals surface area contributed by atoms with Crippen LogP contribution in [0.3, 0.4) is 0 Å². The number of piperidine rings is 1. The molecule has 2 fully saturated rings. The SMILES string of the molecule is CCCC[C@@H]1[C@H](O)CCC[C@]12CCCCN2C. The molecule has 2 rings (SSSR count). The number of aliphatic hydroxyl groups excluding tert-OH is 1. The Morgan fingerprint density at radius 2 is 2.00 bits per heavy atom. The van der Waals surface area contributed by atoms with Crippen molar-refractivity contribution in [2.75, 3.05) is 13.6 Å². The summed E-state index contributed by atoms with van der Waals surface area (Å²) in [5.74, 6) is 0.529. The summed E-state index contributed by atoms with van der Waals surface area (Å²) in [5.41, 5.74) is 0.338. The van der Waals surface area contributed by atoms with Gasteiger partial charge >= 0.3 is 0 Å². The predicted octanol–water partition coefficient (Wildman–Crippen LogP) is 3.19. The van der Waals surface area contributed by atoms with E-state index in [1.165, 1.54) is 57.9 Å². The van der Waals surface area contributed by atoms with Gasteiger partial charge in [-0.1, -0.05) is 26.2 Å². The average molecular weight is 239 g/mol. The lowest BCUT2D eigenvalue weighted by Crippen LogP contribution is -2.59. The smallest absolute Gasteiger partial charge is 0.0586 e. The van der Waals surface area contributed by atoms with Crippen molar-refractivity contribution in [2.45, 2.75) is 76.4 Å². The summed E-state index contributed by atoms with van der Waals surface area (Å²) in [6, 6.07) is 0. The van der Waals surface area contributed by atoms with Crippen molar-refractivity contribution in [3.05, 3.63) is 0 Å².